The summed E-state index contributed by atoms with van der Waals surface area (Å²) in [5.74, 6) is 0.219. The van der Waals surface area contributed by atoms with Gasteiger partial charge < -0.3 is 15.1 Å². The number of benzene rings is 2. The van der Waals surface area contributed by atoms with E-state index in [1.165, 1.54) is 6.07 Å². The van der Waals surface area contributed by atoms with Gasteiger partial charge in [-0.25, -0.2) is 0 Å². The van der Waals surface area contributed by atoms with Gasteiger partial charge in [-0.2, -0.15) is 0 Å². The minimum atomic E-state index is -0.493. The van der Waals surface area contributed by atoms with Crippen molar-refractivity contribution >= 4 is 28.9 Å². The van der Waals surface area contributed by atoms with Gasteiger partial charge in [-0.15, -0.1) is 0 Å². The lowest BCUT2D eigenvalue weighted by Gasteiger charge is -2.34. The van der Waals surface area contributed by atoms with E-state index in [1.807, 2.05) is 11.0 Å². The fourth-order valence-electron chi connectivity index (χ4n) is 4.55. The van der Waals surface area contributed by atoms with Crippen LogP contribution < -0.4 is 10.2 Å². The van der Waals surface area contributed by atoms with E-state index in [0.29, 0.717) is 22.7 Å². The van der Waals surface area contributed by atoms with Crippen LogP contribution >= 0.6 is 0 Å². The molecule has 0 saturated carbocycles. The maximum atomic E-state index is 13.4. The molecule has 2 aromatic rings. The molecule has 0 aliphatic carbocycles. The summed E-state index contributed by atoms with van der Waals surface area (Å²) in [6, 6.07) is 9.87. The van der Waals surface area contributed by atoms with Crippen molar-refractivity contribution in [2.45, 2.75) is 39.5 Å². The van der Waals surface area contributed by atoms with Crippen molar-refractivity contribution in [1.29, 1.82) is 0 Å². The van der Waals surface area contributed by atoms with E-state index >= 15 is 0 Å². The molecule has 2 aliphatic rings. The van der Waals surface area contributed by atoms with E-state index in [0.717, 1.165) is 57.5 Å². The maximum Gasteiger partial charge on any atom is 0.273 e. The quantitative estimate of drug-likeness (QED) is 0.529. The third-order valence-electron chi connectivity index (χ3n) is 6.67. The lowest BCUT2D eigenvalue weighted by atomic mass is 9.97. The highest BCUT2D eigenvalue weighted by Crippen LogP contribution is 2.31. The first-order valence-electron chi connectivity index (χ1n) is 11.6. The smallest absolute Gasteiger partial charge is 0.273 e. The van der Waals surface area contributed by atoms with Gasteiger partial charge in [0, 0.05) is 54.7 Å². The van der Waals surface area contributed by atoms with E-state index in [1.54, 1.807) is 31.2 Å². The number of rotatable bonds is 5. The Morgan fingerprint density at radius 2 is 1.73 bits per heavy atom. The third-order valence-corrected chi connectivity index (χ3v) is 6.67. The molecule has 2 saturated heterocycles. The number of nitro groups is 1. The van der Waals surface area contributed by atoms with Gasteiger partial charge in [0.1, 0.15) is 0 Å². The van der Waals surface area contributed by atoms with Gasteiger partial charge in [-0.3, -0.25) is 19.7 Å². The van der Waals surface area contributed by atoms with Crippen LogP contribution in [0.15, 0.2) is 36.4 Å². The zero-order valence-corrected chi connectivity index (χ0v) is 19.2. The molecule has 0 spiro atoms. The number of piperidine rings is 1. The number of nitrogens with zero attached hydrogens (tertiary/aromatic N) is 3. The molecule has 4 rings (SSSR count). The second kappa shape index (κ2) is 9.60. The van der Waals surface area contributed by atoms with Gasteiger partial charge in [-0.05, 0) is 62.8 Å². The van der Waals surface area contributed by atoms with E-state index in [9.17, 15) is 19.7 Å². The van der Waals surface area contributed by atoms with Crippen molar-refractivity contribution in [2.24, 2.45) is 5.92 Å². The number of likely N-dealkylation sites (tertiary alicyclic amines) is 1. The summed E-state index contributed by atoms with van der Waals surface area (Å²) in [6.45, 7) is 7.19. The summed E-state index contributed by atoms with van der Waals surface area (Å²) in [5, 5.41) is 14.1. The van der Waals surface area contributed by atoms with Crippen LogP contribution in [0.1, 0.15) is 58.9 Å². The van der Waals surface area contributed by atoms with Crippen LogP contribution in [0.25, 0.3) is 0 Å². The van der Waals surface area contributed by atoms with Crippen molar-refractivity contribution < 1.29 is 14.5 Å². The fraction of sp³-hybridized carbons (Fsp3) is 0.440. The fourth-order valence-corrected chi connectivity index (χ4v) is 4.55. The average Bonchev–Trinajstić information content (AvgIpc) is 3.34. The molecule has 0 unspecified atom stereocenters. The molecule has 2 fully saturated rings. The van der Waals surface area contributed by atoms with Crippen molar-refractivity contribution in [2.75, 3.05) is 36.4 Å². The Labute approximate surface area is 193 Å². The summed E-state index contributed by atoms with van der Waals surface area (Å²) in [7, 11) is 0. The lowest BCUT2D eigenvalue weighted by molar-refractivity contribution is -0.385. The van der Waals surface area contributed by atoms with Gasteiger partial charge in [0.2, 0.25) is 0 Å². The SMILES string of the molecule is Cc1ccc(C(=O)Nc2ccc(N3CCC(C)CC3)c(C(=O)N3CCCC3)c2)cc1[N+](=O)[O-]. The number of nitrogens with one attached hydrogen (secondary N) is 1. The van der Waals surface area contributed by atoms with Gasteiger partial charge in [0.25, 0.3) is 17.5 Å². The Bertz CT molecular complexity index is 1070. The van der Waals surface area contributed by atoms with Crippen LogP contribution in [0.5, 0.6) is 0 Å². The molecule has 8 heteroatoms. The Balaban J connectivity index is 1.61. The van der Waals surface area contributed by atoms with Crippen molar-refractivity contribution in [3.63, 3.8) is 0 Å². The van der Waals surface area contributed by atoms with Crippen molar-refractivity contribution in [3.8, 4) is 0 Å². The summed E-state index contributed by atoms with van der Waals surface area (Å²) >= 11 is 0. The molecule has 2 amide bonds. The number of aryl methyl sites for hydroxylation is 1. The molecule has 0 aromatic heterocycles. The second-order valence-electron chi connectivity index (χ2n) is 9.11. The largest absolute Gasteiger partial charge is 0.371 e. The summed E-state index contributed by atoms with van der Waals surface area (Å²) in [5.41, 5.74) is 2.60. The first kappa shape index (κ1) is 22.8. The van der Waals surface area contributed by atoms with Crippen LogP contribution in [0.2, 0.25) is 0 Å². The van der Waals surface area contributed by atoms with Crippen LogP contribution in [0.3, 0.4) is 0 Å². The first-order chi connectivity index (χ1) is 15.8. The Kier molecular flexibility index (Phi) is 6.62. The Hall–Kier alpha value is -3.42. The molecule has 33 heavy (non-hydrogen) atoms. The van der Waals surface area contributed by atoms with Gasteiger partial charge in [-0.1, -0.05) is 13.0 Å². The number of carbonyl (C=O) groups is 2. The first-order valence-corrected chi connectivity index (χ1v) is 11.6. The predicted octanol–water partition coefficient (Wildman–Crippen LogP) is 4.63. The number of carbonyl (C=O) groups excluding carboxylic acids is 2. The second-order valence-corrected chi connectivity index (χ2v) is 9.11. The molecule has 1 N–H and O–H groups in total. The van der Waals surface area contributed by atoms with E-state index in [4.69, 9.17) is 0 Å². The molecule has 174 valence electrons. The Morgan fingerprint density at radius 3 is 2.39 bits per heavy atom. The summed E-state index contributed by atoms with van der Waals surface area (Å²) < 4.78 is 0. The summed E-state index contributed by atoms with van der Waals surface area (Å²) in [6.07, 6.45) is 4.18. The van der Waals surface area contributed by atoms with Crippen LogP contribution in [0, 0.1) is 23.0 Å². The standard InChI is InChI=1S/C25H30N4O4/c1-17-9-13-27(14-10-17)22-8-7-20(16-21(22)25(31)28-11-3-4-12-28)26-24(30)19-6-5-18(2)23(15-19)29(32)33/h5-8,15-17H,3-4,9-14H2,1-2H3,(H,26,30). The van der Waals surface area contributed by atoms with Crippen LogP contribution in [0.4, 0.5) is 17.1 Å². The van der Waals surface area contributed by atoms with E-state index < -0.39 is 10.8 Å². The number of amides is 2. The van der Waals surface area contributed by atoms with E-state index in [-0.39, 0.29) is 17.2 Å². The maximum absolute atomic E-state index is 13.4. The molecular formula is C25H30N4O4. The Morgan fingerprint density at radius 1 is 1.03 bits per heavy atom. The molecule has 0 atom stereocenters. The highest BCUT2D eigenvalue weighted by atomic mass is 16.6. The van der Waals surface area contributed by atoms with Gasteiger partial charge in [0.05, 0.1) is 10.5 Å². The predicted molar refractivity (Wildman–Crippen MR) is 128 cm³/mol. The van der Waals surface area contributed by atoms with E-state index in [2.05, 4.69) is 17.1 Å². The molecule has 0 radical (unpaired) electrons. The minimum Gasteiger partial charge on any atom is -0.371 e. The molecule has 8 nitrogen and oxygen atoms in total. The lowest BCUT2D eigenvalue weighted by Crippen LogP contribution is -2.35. The number of nitro benzene ring substituents is 1. The van der Waals surface area contributed by atoms with Crippen LogP contribution in [-0.2, 0) is 0 Å². The zero-order chi connectivity index (χ0) is 23.5. The molecule has 2 aliphatic heterocycles. The minimum absolute atomic E-state index is 0.0109. The molecule has 2 aromatic carbocycles. The third kappa shape index (κ3) is 4.99. The van der Waals surface area contributed by atoms with Crippen molar-refractivity contribution in [3.05, 3.63) is 63.2 Å². The normalized spacial score (nSPS) is 16.7. The number of hydrogen-bond donors (Lipinski definition) is 1. The number of hydrogen-bond acceptors (Lipinski definition) is 5. The highest BCUT2D eigenvalue weighted by molar-refractivity contribution is 6.06. The summed E-state index contributed by atoms with van der Waals surface area (Å²) in [4.78, 5) is 41.1. The molecule has 2 heterocycles. The van der Waals surface area contributed by atoms with Crippen LogP contribution in [-0.4, -0.2) is 47.8 Å². The highest BCUT2D eigenvalue weighted by Gasteiger charge is 2.26. The molecule has 0 bridgehead atoms. The monoisotopic (exact) mass is 450 g/mol. The van der Waals surface area contributed by atoms with Gasteiger partial charge >= 0.3 is 0 Å². The number of anilines is 2. The van der Waals surface area contributed by atoms with Crippen molar-refractivity contribution in [1.82, 2.24) is 4.90 Å². The average molecular weight is 451 g/mol. The van der Waals surface area contributed by atoms with Gasteiger partial charge in [0.15, 0.2) is 0 Å². The zero-order valence-electron chi connectivity index (χ0n) is 19.2. The topological polar surface area (TPSA) is 95.8 Å². The molecular weight excluding hydrogens is 420 g/mol.